The number of nitrogens with one attached hydrogen (secondary N) is 1. The quantitative estimate of drug-likeness (QED) is 0.638. The van der Waals surface area contributed by atoms with Crippen LogP contribution in [0.3, 0.4) is 0 Å². The van der Waals surface area contributed by atoms with Gasteiger partial charge < -0.3 is 19.0 Å². The van der Waals surface area contributed by atoms with E-state index in [0.717, 1.165) is 46.9 Å². The van der Waals surface area contributed by atoms with Gasteiger partial charge in [0.25, 0.3) is 0 Å². The Morgan fingerprint density at radius 3 is 2.87 bits per heavy atom. The molecule has 4 rings (SSSR count). The molecule has 3 heterocycles. The minimum atomic E-state index is -0.535. The fraction of sp³-hybridized carbons (Fsp3) is 0.478. The number of furan rings is 1. The van der Waals surface area contributed by atoms with Crippen LogP contribution in [0, 0.1) is 5.41 Å². The van der Waals surface area contributed by atoms with Gasteiger partial charge in [0.05, 0.1) is 24.8 Å². The number of aromatic nitrogens is 1. The van der Waals surface area contributed by atoms with Gasteiger partial charge >= 0.3 is 0 Å². The van der Waals surface area contributed by atoms with Crippen LogP contribution in [0.4, 0.5) is 0 Å². The third kappa shape index (κ3) is 3.81. The minimum Gasteiger partial charge on any atom is -0.493 e. The van der Waals surface area contributed by atoms with Crippen LogP contribution < -0.4 is 10.1 Å². The van der Waals surface area contributed by atoms with E-state index in [9.17, 15) is 4.79 Å². The Bertz CT molecular complexity index is 1040. The van der Waals surface area contributed by atoms with E-state index < -0.39 is 5.41 Å². The van der Waals surface area contributed by atoms with Crippen LogP contribution in [0.1, 0.15) is 43.4 Å². The maximum atomic E-state index is 12.9. The Hall–Kier alpha value is -2.80. The third-order valence-electron chi connectivity index (χ3n) is 5.98. The molecule has 0 spiro atoms. The normalized spacial score (nSPS) is 19.6. The van der Waals surface area contributed by atoms with Gasteiger partial charge in [-0.1, -0.05) is 31.1 Å². The van der Waals surface area contributed by atoms with E-state index in [-0.39, 0.29) is 5.91 Å². The van der Waals surface area contributed by atoms with Crippen molar-refractivity contribution in [2.24, 2.45) is 5.41 Å². The SMILES string of the molecule is CNC(=O)[C@]1(Cc2cc(C(C)C)no2)CCN(Cc2cc3cccc(OC)c3o2)C1. The van der Waals surface area contributed by atoms with E-state index in [1.54, 1.807) is 14.2 Å². The molecule has 1 N–H and O–H groups in total. The van der Waals surface area contributed by atoms with E-state index in [2.05, 4.69) is 29.2 Å². The number of para-hydroxylation sites is 1. The lowest BCUT2D eigenvalue weighted by molar-refractivity contribution is -0.130. The van der Waals surface area contributed by atoms with Crippen LogP contribution in [0.15, 0.2) is 39.3 Å². The molecule has 0 aliphatic carbocycles. The zero-order valence-corrected chi connectivity index (χ0v) is 18.0. The summed E-state index contributed by atoms with van der Waals surface area (Å²) in [7, 11) is 3.33. The van der Waals surface area contributed by atoms with Crippen LogP contribution in [-0.4, -0.2) is 43.2 Å². The molecule has 0 unspecified atom stereocenters. The van der Waals surface area contributed by atoms with E-state index >= 15 is 0 Å². The summed E-state index contributed by atoms with van der Waals surface area (Å²) < 4.78 is 17.0. The molecular formula is C23H29N3O4. The first-order valence-electron chi connectivity index (χ1n) is 10.4. The van der Waals surface area contributed by atoms with Crippen LogP contribution in [0.2, 0.25) is 0 Å². The summed E-state index contributed by atoms with van der Waals surface area (Å²) in [6, 6.07) is 9.88. The molecule has 1 aromatic carbocycles. The molecule has 3 aromatic rings. The van der Waals surface area contributed by atoms with Crippen LogP contribution in [0.5, 0.6) is 5.75 Å². The number of amides is 1. The summed E-state index contributed by atoms with van der Waals surface area (Å²) >= 11 is 0. The number of nitrogens with zero attached hydrogens (tertiary/aromatic N) is 2. The molecule has 7 nitrogen and oxygen atoms in total. The number of rotatable bonds is 7. The number of likely N-dealkylation sites (tertiary alicyclic amines) is 1. The molecular weight excluding hydrogens is 382 g/mol. The van der Waals surface area contributed by atoms with E-state index in [0.29, 0.717) is 25.4 Å². The van der Waals surface area contributed by atoms with Crippen LogP contribution >= 0.6 is 0 Å². The van der Waals surface area contributed by atoms with Gasteiger partial charge in [-0.3, -0.25) is 9.69 Å². The average molecular weight is 412 g/mol. The first-order chi connectivity index (χ1) is 14.4. The smallest absolute Gasteiger partial charge is 0.227 e. The molecule has 0 radical (unpaired) electrons. The molecule has 1 aliphatic rings. The molecule has 0 bridgehead atoms. The summed E-state index contributed by atoms with van der Waals surface area (Å²) in [5.74, 6) is 2.69. The number of methoxy groups -OCH3 is 1. The Morgan fingerprint density at radius 1 is 1.33 bits per heavy atom. The zero-order valence-electron chi connectivity index (χ0n) is 18.0. The van der Waals surface area contributed by atoms with E-state index in [1.807, 2.05) is 30.3 Å². The summed E-state index contributed by atoms with van der Waals surface area (Å²) in [4.78, 5) is 15.1. The van der Waals surface area contributed by atoms with Crippen molar-refractivity contribution in [3.05, 3.63) is 47.5 Å². The molecule has 7 heteroatoms. The fourth-order valence-electron chi connectivity index (χ4n) is 4.33. The van der Waals surface area contributed by atoms with E-state index in [4.69, 9.17) is 13.7 Å². The van der Waals surface area contributed by atoms with Gasteiger partial charge in [0.15, 0.2) is 11.3 Å². The fourth-order valence-corrected chi connectivity index (χ4v) is 4.33. The molecule has 1 saturated heterocycles. The Morgan fingerprint density at radius 2 is 2.17 bits per heavy atom. The second-order valence-electron chi connectivity index (χ2n) is 8.46. The summed E-state index contributed by atoms with van der Waals surface area (Å²) in [5.41, 5.74) is 1.14. The van der Waals surface area contributed by atoms with Crippen molar-refractivity contribution in [2.45, 2.75) is 39.2 Å². The van der Waals surface area contributed by atoms with Gasteiger partial charge in [0.2, 0.25) is 5.91 Å². The average Bonchev–Trinajstić information content (AvgIpc) is 3.46. The number of hydrogen-bond acceptors (Lipinski definition) is 6. The first-order valence-corrected chi connectivity index (χ1v) is 10.4. The number of hydrogen-bond donors (Lipinski definition) is 1. The highest BCUT2D eigenvalue weighted by Gasteiger charge is 2.45. The predicted octanol–water partition coefficient (Wildman–Crippen LogP) is 3.73. The van der Waals surface area contributed by atoms with Crippen LogP contribution in [-0.2, 0) is 17.8 Å². The van der Waals surface area contributed by atoms with E-state index in [1.165, 1.54) is 0 Å². The van der Waals surface area contributed by atoms with Crippen molar-refractivity contribution in [2.75, 3.05) is 27.2 Å². The van der Waals surface area contributed by atoms with Crippen molar-refractivity contribution in [1.29, 1.82) is 0 Å². The van der Waals surface area contributed by atoms with Gasteiger partial charge in [-0.25, -0.2) is 0 Å². The van der Waals surface area contributed by atoms with Gasteiger partial charge in [-0.15, -0.1) is 0 Å². The number of ether oxygens (including phenoxy) is 1. The topological polar surface area (TPSA) is 80.7 Å². The van der Waals surface area contributed by atoms with Gasteiger partial charge in [-0.05, 0) is 31.0 Å². The van der Waals surface area contributed by atoms with Gasteiger partial charge in [0.1, 0.15) is 11.5 Å². The second-order valence-corrected chi connectivity index (χ2v) is 8.46. The minimum absolute atomic E-state index is 0.0405. The zero-order chi connectivity index (χ0) is 21.3. The first kappa shape index (κ1) is 20.5. The molecule has 160 valence electrons. The highest BCUT2D eigenvalue weighted by molar-refractivity contribution is 5.84. The number of carbonyl (C=O) groups is 1. The molecule has 1 aliphatic heterocycles. The Labute approximate surface area is 176 Å². The lowest BCUT2D eigenvalue weighted by Crippen LogP contribution is -2.43. The van der Waals surface area contributed by atoms with Gasteiger partial charge in [0, 0.05) is 31.5 Å². The second kappa shape index (κ2) is 8.14. The highest BCUT2D eigenvalue weighted by Crippen LogP contribution is 2.37. The monoisotopic (exact) mass is 411 g/mol. The summed E-state index contributed by atoms with van der Waals surface area (Å²) in [5, 5.41) is 8.02. The molecule has 2 aromatic heterocycles. The Kier molecular flexibility index (Phi) is 5.56. The number of benzene rings is 1. The third-order valence-corrected chi connectivity index (χ3v) is 5.98. The standard InChI is InChI=1S/C23H29N3O4/c1-15(2)19-11-17(30-25-19)12-23(22(27)24-3)8-9-26(14-23)13-18-10-16-6-5-7-20(28-4)21(16)29-18/h5-7,10-11,15H,8-9,12-14H2,1-4H3,(H,24,27)/t23-/m0/s1. The van der Waals surface area contributed by atoms with Crippen molar-refractivity contribution in [1.82, 2.24) is 15.4 Å². The molecule has 1 fully saturated rings. The van der Waals surface area contributed by atoms with Crippen molar-refractivity contribution < 1.29 is 18.5 Å². The predicted molar refractivity (Wildman–Crippen MR) is 113 cm³/mol. The summed E-state index contributed by atoms with van der Waals surface area (Å²) in [6.07, 6.45) is 1.30. The van der Waals surface area contributed by atoms with Gasteiger partial charge in [-0.2, -0.15) is 0 Å². The van der Waals surface area contributed by atoms with Crippen molar-refractivity contribution in [3.63, 3.8) is 0 Å². The lowest BCUT2D eigenvalue weighted by Gasteiger charge is -2.26. The van der Waals surface area contributed by atoms with Crippen LogP contribution in [0.25, 0.3) is 11.0 Å². The summed E-state index contributed by atoms with van der Waals surface area (Å²) in [6.45, 7) is 6.25. The maximum absolute atomic E-state index is 12.9. The molecule has 30 heavy (non-hydrogen) atoms. The lowest BCUT2D eigenvalue weighted by atomic mass is 9.81. The van der Waals surface area contributed by atoms with Crippen molar-refractivity contribution >= 4 is 16.9 Å². The maximum Gasteiger partial charge on any atom is 0.227 e. The largest absolute Gasteiger partial charge is 0.493 e. The number of carbonyl (C=O) groups excluding carboxylic acids is 1. The molecule has 1 atom stereocenters. The highest BCUT2D eigenvalue weighted by atomic mass is 16.5. The molecule has 0 saturated carbocycles. The molecule has 1 amide bonds. The Balaban J connectivity index is 1.52. The van der Waals surface area contributed by atoms with Crippen molar-refractivity contribution in [3.8, 4) is 5.75 Å². The number of fused-ring (bicyclic) bond motifs is 1.